The van der Waals surface area contributed by atoms with E-state index in [4.69, 9.17) is 16.3 Å². The lowest BCUT2D eigenvalue weighted by Gasteiger charge is -2.29. The van der Waals surface area contributed by atoms with E-state index in [2.05, 4.69) is 21.5 Å². The summed E-state index contributed by atoms with van der Waals surface area (Å²) in [5.74, 6) is 1.36. The fourth-order valence-corrected chi connectivity index (χ4v) is 2.90. The number of rotatable bonds is 2. The first-order chi connectivity index (χ1) is 8.79. The van der Waals surface area contributed by atoms with Crippen LogP contribution < -0.4 is 0 Å². The minimum Gasteiger partial charge on any atom is -0.378 e. The lowest BCUT2D eigenvalue weighted by atomic mass is 10.0. The molecule has 5 heteroatoms. The van der Waals surface area contributed by atoms with E-state index in [9.17, 15) is 0 Å². The third-order valence-corrected chi connectivity index (χ3v) is 3.75. The van der Waals surface area contributed by atoms with Crippen LogP contribution in [-0.4, -0.2) is 27.2 Å². The second-order valence-corrected chi connectivity index (χ2v) is 5.02. The Balaban J connectivity index is 2.08. The molecule has 0 N–H and O–H groups in total. The van der Waals surface area contributed by atoms with Crippen molar-refractivity contribution in [2.75, 3.05) is 6.61 Å². The molecule has 0 radical (unpaired) electrons. The predicted octanol–water partition coefficient (Wildman–Crippen LogP) is 2.91. The highest BCUT2D eigenvalue weighted by Crippen LogP contribution is 2.30. The van der Waals surface area contributed by atoms with Gasteiger partial charge in [-0.1, -0.05) is 0 Å². The molecule has 1 aliphatic heterocycles. The molecule has 2 unspecified atom stereocenters. The first-order valence-corrected chi connectivity index (χ1v) is 6.81. The number of ether oxygens (including phenoxy) is 1. The summed E-state index contributed by atoms with van der Waals surface area (Å²) in [4.78, 5) is 8.68. The highest BCUT2D eigenvalue weighted by atomic mass is 35.5. The van der Waals surface area contributed by atoms with Gasteiger partial charge in [0.15, 0.2) is 0 Å². The van der Waals surface area contributed by atoms with Gasteiger partial charge in [-0.2, -0.15) is 0 Å². The molecule has 1 aliphatic rings. The van der Waals surface area contributed by atoms with Gasteiger partial charge in [-0.3, -0.25) is 4.98 Å². The summed E-state index contributed by atoms with van der Waals surface area (Å²) >= 11 is 6.02. The van der Waals surface area contributed by atoms with Crippen molar-refractivity contribution in [3.05, 3.63) is 24.3 Å². The molecule has 2 atom stereocenters. The van der Waals surface area contributed by atoms with Gasteiger partial charge in [0.1, 0.15) is 11.3 Å². The summed E-state index contributed by atoms with van der Waals surface area (Å²) in [6.45, 7) is 2.92. The molecule has 2 aromatic rings. The van der Waals surface area contributed by atoms with Gasteiger partial charge in [-0.15, -0.1) is 11.6 Å². The van der Waals surface area contributed by atoms with Crippen molar-refractivity contribution in [3.8, 4) is 0 Å². The van der Waals surface area contributed by atoms with Crippen molar-refractivity contribution in [3.63, 3.8) is 0 Å². The number of nitrogens with zero attached hydrogens (tertiary/aromatic N) is 3. The first kappa shape index (κ1) is 11.9. The van der Waals surface area contributed by atoms with E-state index in [1.165, 1.54) is 0 Å². The van der Waals surface area contributed by atoms with Crippen molar-refractivity contribution in [2.24, 2.45) is 0 Å². The average Bonchev–Trinajstić information content (AvgIpc) is 2.77. The zero-order chi connectivity index (χ0) is 12.5. The van der Waals surface area contributed by atoms with Crippen LogP contribution in [0.15, 0.2) is 18.5 Å². The molecule has 0 amide bonds. The molecule has 4 nitrogen and oxygen atoms in total. The Hall–Kier alpha value is -1.13. The number of imidazole rings is 1. The molecule has 96 valence electrons. The maximum Gasteiger partial charge on any atom is 0.125 e. The smallest absolute Gasteiger partial charge is 0.125 e. The monoisotopic (exact) mass is 265 g/mol. The number of hydrogen-bond acceptors (Lipinski definition) is 3. The van der Waals surface area contributed by atoms with E-state index in [-0.39, 0.29) is 0 Å². The van der Waals surface area contributed by atoms with E-state index in [1.54, 1.807) is 12.4 Å². The predicted molar refractivity (Wildman–Crippen MR) is 70.8 cm³/mol. The molecular formula is C13H16ClN3O. The standard InChI is InChI=1S/C13H16ClN3O/c1-9-6-10(3-5-18-9)17-12-2-4-15-8-11(12)16-13(17)7-14/h2,4,8-10H,3,5-7H2,1H3. The van der Waals surface area contributed by atoms with Crippen molar-refractivity contribution in [1.29, 1.82) is 0 Å². The fourth-order valence-electron chi connectivity index (χ4n) is 2.71. The summed E-state index contributed by atoms with van der Waals surface area (Å²) < 4.78 is 7.88. The molecule has 3 rings (SSSR count). The van der Waals surface area contributed by atoms with Crippen LogP contribution in [0.3, 0.4) is 0 Å². The molecule has 18 heavy (non-hydrogen) atoms. The molecule has 1 saturated heterocycles. The van der Waals surface area contributed by atoms with E-state index >= 15 is 0 Å². The Kier molecular flexibility index (Phi) is 3.22. The van der Waals surface area contributed by atoms with Crippen LogP contribution in [0.2, 0.25) is 0 Å². The summed E-state index contributed by atoms with van der Waals surface area (Å²) in [6.07, 6.45) is 5.93. The van der Waals surface area contributed by atoms with Gasteiger partial charge < -0.3 is 9.30 Å². The van der Waals surface area contributed by atoms with E-state index < -0.39 is 0 Å². The summed E-state index contributed by atoms with van der Waals surface area (Å²) in [5.41, 5.74) is 2.05. The Morgan fingerprint density at radius 1 is 1.56 bits per heavy atom. The van der Waals surface area contributed by atoms with Gasteiger partial charge in [0.25, 0.3) is 0 Å². The van der Waals surface area contributed by atoms with Crippen LogP contribution in [0.5, 0.6) is 0 Å². The average molecular weight is 266 g/mol. The molecular weight excluding hydrogens is 250 g/mol. The summed E-state index contributed by atoms with van der Waals surface area (Å²) in [6, 6.07) is 2.44. The number of pyridine rings is 1. The molecule has 0 bridgehead atoms. The zero-order valence-corrected chi connectivity index (χ0v) is 11.1. The SMILES string of the molecule is CC1CC(n2c(CCl)nc3cnccc32)CCO1. The Morgan fingerprint density at radius 3 is 3.22 bits per heavy atom. The van der Waals surface area contributed by atoms with Crippen molar-refractivity contribution >= 4 is 22.6 Å². The van der Waals surface area contributed by atoms with Crippen molar-refractivity contribution < 1.29 is 4.74 Å². The number of hydrogen-bond donors (Lipinski definition) is 0. The number of alkyl halides is 1. The molecule has 2 aromatic heterocycles. The summed E-state index contributed by atoms with van der Waals surface area (Å²) in [7, 11) is 0. The van der Waals surface area contributed by atoms with Crippen LogP contribution in [0.25, 0.3) is 11.0 Å². The molecule has 0 saturated carbocycles. The van der Waals surface area contributed by atoms with E-state index in [1.807, 2.05) is 6.07 Å². The zero-order valence-electron chi connectivity index (χ0n) is 10.3. The van der Waals surface area contributed by atoms with Crippen LogP contribution in [0, 0.1) is 0 Å². The second kappa shape index (κ2) is 4.86. The van der Waals surface area contributed by atoms with Crippen molar-refractivity contribution in [2.45, 2.75) is 37.8 Å². The van der Waals surface area contributed by atoms with Crippen LogP contribution in [0.4, 0.5) is 0 Å². The largest absolute Gasteiger partial charge is 0.378 e. The Bertz CT molecular complexity index is 554. The number of halogens is 1. The fraction of sp³-hybridized carbons (Fsp3) is 0.538. The van der Waals surface area contributed by atoms with Gasteiger partial charge in [-0.25, -0.2) is 4.98 Å². The number of fused-ring (bicyclic) bond motifs is 1. The third-order valence-electron chi connectivity index (χ3n) is 3.51. The van der Waals surface area contributed by atoms with Crippen molar-refractivity contribution in [1.82, 2.24) is 14.5 Å². The highest BCUT2D eigenvalue weighted by molar-refractivity contribution is 6.16. The second-order valence-electron chi connectivity index (χ2n) is 4.76. The first-order valence-electron chi connectivity index (χ1n) is 6.28. The van der Waals surface area contributed by atoms with Gasteiger partial charge in [0.2, 0.25) is 0 Å². The maximum absolute atomic E-state index is 6.02. The normalized spacial score (nSPS) is 24.6. The number of aromatic nitrogens is 3. The Morgan fingerprint density at radius 2 is 2.44 bits per heavy atom. The van der Waals surface area contributed by atoms with Gasteiger partial charge in [0.05, 0.1) is 23.7 Å². The van der Waals surface area contributed by atoms with Crippen LogP contribution in [0.1, 0.15) is 31.6 Å². The van der Waals surface area contributed by atoms with Crippen LogP contribution >= 0.6 is 11.6 Å². The highest BCUT2D eigenvalue weighted by Gasteiger charge is 2.24. The maximum atomic E-state index is 6.02. The summed E-state index contributed by atoms with van der Waals surface area (Å²) in [5, 5.41) is 0. The minimum atomic E-state index is 0.297. The Labute approximate surface area is 111 Å². The lowest BCUT2D eigenvalue weighted by Crippen LogP contribution is -2.26. The lowest BCUT2D eigenvalue weighted by molar-refractivity contribution is 0.00633. The molecule has 3 heterocycles. The molecule has 0 aliphatic carbocycles. The van der Waals surface area contributed by atoms with Gasteiger partial charge >= 0.3 is 0 Å². The quantitative estimate of drug-likeness (QED) is 0.784. The van der Waals surface area contributed by atoms with Gasteiger partial charge in [-0.05, 0) is 25.8 Å². The van der Waals surface area contributed by atoms with Gasteiger partial charge in [0, 0.05) is 18.8 Å². The third kappa shape index (κ3) is 1.99. The van der Waals surface area contributed by atoms with E-state index in [0.29, 0.717) is 18.0 Å². The molecule has 0 aromatic carbocycles. The van der Waals surface area contributed by atoms with Crippen LogP contribution in [-0.2, 0) is 10.6 Å². The molecule has 0 spiro atoms. The molecule has 1 fully saturated rings. The minimum absolute atomic E-state index is 0.297. The van der Waals surface area contributed by atoms with E-state index in [0.717, 1.165) is 36.3 Å². The topological polar surface area (TPSA) is 39.9 Å².